The van der Waals surface area contributed by atoms with Gasteiger partial charge < -0.3 is 5.73 Å². The SMILES string of the molecule is NC(c1ccc(Br)s1)c1ccncc1F. The molecule has 2 heterocycles. The summed E-state index contributed by atoms with van der Waals surface area (Å²) in [6.45, 7) is 0. The van der Waals surface area contributed by atoms with Crippen LogP contribution in [0.3, 0.4) is 0 Å². The van der Waals surface area contributed by atoms with Gasteiger partial charge in [-0.1, -0.05) is 0 Å². The molecule has 0 radical (unpaired) electrons. The van der Waals surface area contributed by atoms with Crippen LogP contribution >= 0.6 is 27.3 Å². The van der Waals surface area contributed by atoms with E-state index in [-0.39, 0.29) is 5.82 Å². The van der Waals surface area contributed by atoms with Gasteiger partial charge in [0.25, 0.3) is 0 Å². The second-order valence-corrected chi connectivity index (χ2v) is 5.51. The van der Waals surface area contributed by atoms with Crippen molar-refractivity contribution in [3.8, 4) is 0 Å². The Balaban J connectivity index is 2.36. The van der Waals surface area contributed by atoms with E-state index in [4.69, 9.17) is 5.73 Å². The van der Waals surface area contributed by atoms with E-state index in [2.05, 4.69) is 20.9 Å². The lowest BCUT2D eigenvalue weighted by Crippen LogP contribution is -2.12. The third-order valence-electron chi connectivity index (χ3n) is 2.04. The summed E-state index contributed by atoms with van der Waals surface area (Å²) in [5.41, 5.74) is 6.42. The van der Waals surface area contributed by atoms with E-state index in [9.17, 15) is 4.39 Å². The van der Waals surface area contributed by atoms with E-state index >= 15 is 0 Å². The second-order valence-electron chi connectivity index (χ2n) is 3.02. The average molecular weight is 287 g/mol. The fourth-order valence-electron chi connectivity index (χ4n) is 1.29. The Morgan fingerprint density at radius 1 is 1.40 bits per heavy atom. The van der Waals surface area contributed by atoms with Crippen molar-refractivity contribution in [3.05, 3.63) is 50.6 Å². The Labute approximate surface area is 99.1 Å². The number of hydrogen-bond donors (Lipinski definition) is 1. The van der Waals surface area contributed by atoms with Gasteiger partial charge in [0.2, 0.25) is 0 Å². The van der Waals surface area contributed by atoms with Gasteiger partial charge in [-0.25, -0.2) is 4.39 Å². The molecule has 0 aromatic carbocycles. The van der Waals surface area contributed by atoms with Crippen LogP contribution in [-0.2, 0) is 0 Å². The summed E-state index contributed by atoms with van der Waals surface area (Å²) in [4.78, 5) is 4.61. The molecule has 2 aromatic rings. The second kappa shape index (κ2) is 4.38. The lowest BCUT2D eigenvalue weighted by molar-refractivity contribution is 0.594. The summed E-state index contributed by atoms with van der Waals surface area (Å²) in [6, 6.07) is 4.97. The van der Waals surface area contributed by atoms with Crippen LogP contribution < -0.4 is 5.73 Å². The van der Waals surface area contributed by atoms with Crippen LogP contribution in [0.1, 0.15) is 16.5 Å². The smallest absolute Gasteiger partial charge is 0.146 e. The van der Waals surface area contributed by atoms with Crippen LogP contribution in [0.5, 0.6) is 0 Å². The van der Waals surface area contributed by atoms with E-state index in [0.717, 1.165) is 8.66 Å². The molecule has 5 heteroatoms. The van der Waals surface area contributed by atoms with Gasteiger partial charge in [-0.05, 0) is 34.1 Å². The summed E-state index contributed by atoms with van der Waals surface area (Å²) >= 11 is 4.85. The van der Waals surface area contributed by atoms with Crippen molar-refractivity contribution in [1.29, 1.82) is 0 Å². The number of halogens is 2. The van der Waals surface area contributed by atoms with Gasteiger partial charge in [0.15, 0.2) is 0 Å². The van der Waals surface area contributed by atoms with Crippen molar-refractivity contribution in [1.82, 2.24) is 4.98 Å². The van der Waals surface area contributed by atoms with E-state index in [1.165, 1.54) is 17.5 Å². The van der Waals surface area contributed by atoms with Gasteiger partial charge in [-0.2, -0.15) is 0 Å². The van der Waals surface area contributed by atoms with Gasteiger partial charge in [0.05, 0.1) is 16.0 Å². The van der Waals surface area contributed by atoms with E-state index in [1.807, 2.05) is 12.1 Å². The molecule has 78 valence electrons. The van der Waals surface area contributed by atoms with Crippen LogP contribution in [0.25, 0.3) is 0 Å². The maximum absolute atomic E-state index is 13.4. The lowest BCUT2D eigenvalue weighted by Gasteiger charge is -2.09. The molecule has 0 fully saturated rings. The van der Waals surface area contributed by atoms with Crippen LogP contribution in [-0.4, -0.2) is 4.98 Å². The molecule has 2 nitrogen and oxygen atoms in total. The molecule has 0 bridgehead atoms. The predicted molar refractivity (Wildman–Crippen MR) is 62.2 cm³/mol. The van der Waals surface area contributed by atoms with Crippen LogP contribution in [0.2, 0.25) is 0 Å². The first-order valence-corrected chi connectivity index (χ1v) is 5.89. The molecule has 1 atom stereocenters. The molecule has 1 unspecified atom stereocenters. The first-order chi connectivity index (χ1) is 7.18. The minimum Gasteiger partial charge on any atom is -0.320 e. The molecular weight excluding hydrogens is 279 g/mol. The summed E-state index contributed by atoms with van der Waals surface area (Å²) in [5.74, 6) is -0.366. The maximum atomic E-state index is 13.4. The first kappa shape index (κ1) is 10.7. The molecule has 0 saturated carbocycles. The van der Waals surface area contributed by atoms with Crippen molar-refractivity contribution < 1.29 is 4.39 Å². The number of nitrogens with zero attached hydrogens (tertiary/aromatic N) is 1. The number of aromatic nitrogens is 1. The molecule has 0 aliphatic rings. The van der Waals surface area contributed by atoms with Crippen molar-refractivity contribution in [2.24, 2.45) is 5.73 Å². The molecule has 0 aliphatic heterocycles. The van der Waals surface area contributed by atoms with Crippen molar-refractivity contribution in [2.45, 2.75) is 6.04 Å². The molecule has 0 saturated heterocycles. The fourth-order valence-corrected chi connectivity index (χ4v) is 2.73. The molecule has 0 spiro atoms. The van der Waals surface area contributed by atoms with Crippen LogP contribution in [0, 0.1) is 5.82 Å². The van der Waals surface area contributed by atoms with Crippen molar-refractivity contribution in [3.63, 3.8) is 0 Å². The zero-order valence-electron chi connectivity index (χ0n) is 7.65. The largest absolute Gasteiger partial charge is 0.320 e. The minimum atomic E-state index is -0.427. The number of hydrogen-bond acceptors (Lipinski definition) is 3. The summed E-state index contributed by atoms with van der Waals surface area (Å²) in [7, 11) is 0. The van der Waals surface area contributed by atoms with Gasteiger partial charge in [-0.3, -0.25) is 4.98 Å². The molecule has 0 amide bonds. The van der Waals surface area contributed by atoms with E-state index < -0.39 is 6.04 Å². The Kier molecular flexibility index (Phi) is 3.14. The summed E-state index contributed by atoms with van der Waals surface area (Å²) < 4.78 is 14.4. The standard InChI is InChI=1S/C10H8BrFN2S/c11-9-2-1-8(15-9)10(13)6-3-4-14-5-7(6)12/h1-5,10H,13H2. The van der Waals surface area contributed by atoms with Crippen LogP contribution in [0.15, 0.2) is 34.4 Å². The van der Waals surface area contributed by atoms with Crippen LogP contribution in [0.4, 0.5) is 4.39 Å². The highest BCUT2D eigenvalue weighted by atomic mass is 79.9. The summed E-state index contributed by atoms with van der Waals surface area (Å²) in [6.07, 6.45) is 2.72. The maximum Gasteiger partial charge on any atom is 0.146 e. The van der Waals surface area contributed by atoms with Gasteiger partial charge in [-0.15, -0.1) is 11.3 Å². The highest BCUT2D eigenvalue weighted by Gasteiger charge is 2.14. The van der Waals surface area contributed by atoms with Gasteiger partial charge >= 0.3 is 0 Å². The monoisotopic (exact) mass is 286 g/mol. The Bertz CT molecular complexity index is 472. The van der Waals surface area contributed by atoms with E-state index in [0.29, 0.717) is 5.56 Å². The third-order valence-corrected chi connectivity index (χ3v) is 3.75. The minimum absolute atomic E-state index is 0.366. The number of thiophene rings is 1. The lowest BCUT2D eigenvalue weighted by atomic mass is 10.1. The molecule has 15 heavy (non-hydrogen) atoms. The quantitative estimate of drug-likeness (QED) is 0.921. The molecule has 2 aromatic heterocycles. The third kappa shape index (κ3) is 2.25. The normalized spacial score (nSPS) is 12.7. The summed E-state index contributed by atoms with van der Waals surface area (Å²) in [5, 5.41) is 0. The number of nitrogens with two attached hydrogens (primary N) is 1. The molecule has 0 aliphatic carbocycles. The van der Waals surface area contributed by atoms with Crippen molar-refractivity contribution >= 4 is 27.3 Å². The Hall–Kier alpha value is -0.780. The highest BCUT2D eigenvalue weighted by Crippen LogP contribution is 2.30. The topological polar surface area (TPSA) is 38.9 Å². The molecule has 2 rings (SSSR count). The first-order valence-electron chi connectivity index (χ1n) is 4.28. The Morgan fingerprint density at radius 3 is 2.80 bits per heavy atom. The Morgan fingerprint density at radius 2 is 2.20 bits per heavy atom. The van der Waals surface area contributed by atoms with Gasteiger partial charge in [0, 0.05) is 16.6 Å². The zero-order chi connectivity index (χ0) is 10.8. The fraction of sp³-hybridized carbons (Fsp3) is 0.100. The predicted octanol–water partition coefficient (Wildman–Crippen LogP) is 3.09. The number of pyridine rings is 1. The van der Waals surface area contributed by atoms with E-state index in [1.54, 1.807) is 12.3 Å². The average Bonchev–Trinajstić information content (AvgIpc) is 2.65. The molecular formula is C10H8BrFN2S. The highest BCUT2D eigenvalue weighted by molar-refractivity contribution is 9.11. The number of rotatable bonds is 2. The zero-order valence-corrected chi connectivity index (χ0v) is 10.1. The molecule has 2 N–H and O–H groups in total. The van der Waals surface area contributed by atoms with Crippen molar-refractivity contribution in [2.75, 3.05) is 0 Å². The van der Waals surface area contributed by atoms with Gasteiger partial charge in [0.1, 0.15) is 5.82 Å².